The molecule has 0 aromatic heterocycles. The first-order valence-electron chi connectivity index (χ1n) is 7.89. The third-order valence-electron chi connectivity index (χ3n) is 3.79. The highest BCUT2D eigenvalue weighted by Gasteiger charge is 2.19. The number of amides is 1. The lowest BCUT2D eigenvalue weighted by Gasteiger charge is -2.19. The molecule has 0 atom stereocenters. The summed E-state index contributed by atoms with van der Waals surface area (Å²) in [7, 11) is -0.759. The Kier molecular flexibility index (Phi) is 6.84. The molecule has 6 nitrogen and oxygen atoms in total. The molecule has 0 fully saturated rings. The second-order valence-electron chi connectivity index (χ2n) is 5.94. The first kappa shape index (κ1) is 21.9. The van der Waals surface area contributed by atoms with Crippen LogP contribution in [0.2, 0.25) is 5.02 Å². The van der Waals surface area contributed by atoms with E-state index in [1.807, 2.05) is 0 Å². The van der Waals surface area contributed by atoms with Crippen molar-refractivity contribution in [2.24, 2.45) is 0 Å². The number of alkyl halides is 2. The van der Waals surface area contributed by atoms with E-state index in [9.17, 15) is 22.0 Å². The highest BCUT2D eigenvalue weighted by atomic mass is 35.5. The van der Waals surface area contributed by atoms with Crippen molar-refractivity contribution in [3.63, 3.8) is 0 Å². The molecule has 0 radical (unpaired) electrons. The fourth-order valence-electron chi connectivity index (χ4n) is 2.49. The van der Waals surface area contributed by atoms with Gasteiger partial charge in [-0.3, -0.25) is 4.79 Å². The second kappa shape index (κ2) is 8.74. The van der Waals surface area contributed by atoms with E-state index in [-0.39, 0.29) is 33.5 Å². The van der Waals surface area contributed by atoms with Gasteiger partial charge in [0.15, 0.2) is 21.3 Å². The van der Waals surface area contributed by atoms with Crippen molar-refractivity contribution in [3.8, 4) is 11.5 Å². The Balaban J connectivity index is 2.23. The van der Waals surface area contributed by atoms with Gasteiger partial charge in [0.05, 0.1) is 17.0 Å². The summed E-state index contributed by atoms with van der Waals surface area (Å²) in [6.07, 6.45) is 1.00. The van der Waals surface area contributed by atoms with E-state index in [0.717, 1.165) is 6.26 Å². The number of benzene rings is 2. The number of methoxy groups -OCH3 is 1. The average Bonchev–Trinajstić information content (AvgIpc) is 2.61. The summed E-state index contributed by atoms with van der Waals surface area (Å²) in [6, 6.07) is 8.31. The molecule has 0 unspecified atom stereocenters. The highest BCUT2D eigenvalue weighted by molar-refractivity contribution is 7.90. The van der Waals surface area contributed by atoms with Crippen LogP contribution < -0.4 is 9.47 Å². The van der Waals surface area contributed by atoms with Crippen molar-refractivity contribution in [1.29, 1.82) is 0 Å². The van der Waals surface area contributed by atoms with Gasteiger partial charge in [0, 0.05) is 25.4 Å². The Hall–Kier alpha value is -2.39. The number of nitrogens with zero attached hydrogens (tertiary/aromatic N) is 1. The molecule has 0 aliphatic heterocycles. The summed E-state index contributed by atoms with van der Waals surface area (Å²) in [4.78, 5) is 13.8. The van der Waals surface area contributed by atoms with Crippen LogP contribution in [0, 0.1) is 0 Å². The molecule has 2 rings (SSSR count). The van der Waals surface area contributed by atoms with Crippen molar-refractivity contribution in [1.82, 2.24) is 4.90 Å². The van der Waals surface area contributed by atoms with Gasteiger partial charge >= 0.3 is 6.61 Å². The van der Waals surface area contributed by atoms with Crippen LogP contribution >= 0.6 is 11.6 Å². The standard InChI is InChI=1S/C18H18ClF2NO5S/c1-22(10-11-4-7-14(27-18(20)21)15(8-11)26-2)17(23)12-5-6-13(19)16(9-12)28(3,24)25/h4-9,18H,10H2,1-3H3. The smallest absolute Gasteiger partial charge is 0.387 e. The lowest BCUT2D eigenvalue weighted by atomic mass is 10.1. The Bertz CT molecular complexity index is 982. The molecule has 0 N–H and O–H groups in total. The zero-order valence-electron chi connectivity index (χ0n) is 15.3. The maximum atomic E-state index is 12.6. The summed E-state index contributed by atoms with van der Waals surface area (Å²) in [5, 5.41) is 0.0288. The third-order valence-corrected chi connectivity index (χ3v) is 5.37. The largest absolute Gasteiger partial charge is 0.493 e. The third kappa shape index (κ3) is 5.32. The van der Waals surface area contributed by atoms with Crippen LogP contribution in [-0.4, -0.2) is 46.2 Å². The molecule has 1 amide bonds. The Morgan fingerprint density at radius 1 is 1.18 bits per heavy atom. The van der Waals surface area contributed by atoms with E-state index < -0.39 is 22.4 Å². The lowest BCUT2D eigenvalue weighted by Crippen LogP contribution is -2.26. The second-order valence-corrected chi connectivity index (χ2v) is 8.33. The number of sulfone groups is 1. The predicted octanol–water partition coefficient (Wildman–Crippen LogP) is 3.63. The van der Waals surface area contributed by atoms with Gasteiger partial charge in [-0.2, -0.15) is 8.78 Å². The first-order chi connectivity index (χ1) is 13.0. The van der Waals surface area contributed by atoms with E-state index in [1.165, 1.54) is 55.5 Å². The molecule has 0 bridgehead atoms. The van der Waals surface area contributed by atoms with Crippen LogP contribution in [0.4, 0.5) is 8.78 Å². The van der Waals surface area contributed by atoms with Crippen LogP contribution in [0.15, 0.2) is 41.3 Å². The number of carbonyl (C=O) groups excluding carboxylic acids is 1. The van der Waals surface area contributed by atoms with E-state index >= 15 is 0 Å². The molecule has 0 saturated carbocycles. The molecule has 0 saturated heterocycles. The summed E-state index contributed by atoms with van der Waals surface area (Å²) < 4.78 is 57.8. The fourth-order valence-corrected chi connectivity index (χ4v) is 3.79. The molecule has 0 aliphatic carbocycles. The fraction of sp³-hybridized carbons (Fsp3) is 0.278. The summed E-state index contributed by atoms with van der Waals surface area (Å²) in [5.41, 5.74) is 0.753. The first-order valence-corrected chi connectivity index (χ1v) is 10.2. The summed E-state index contributed by atoms with van der Waals surface area (Å²) >= 11 is 5.90. The zero-order valence-corrected chi connectivity index (χ0v) is 16.9. The normalized spacial score (nSPS) is 11.4. The molecule has 2 aromatic carbocycles. The predicted molar refractivity (Wildman–Crippen MR) is 100.0 cm³/mol. The molecule has 152 valence electrons. The number of hydrogen-bond donors (Lipinski definition) is 0. The van der Waals surface area contributed by atoms with Crippen molar-refractivity contribution in [3.05, 3.63) is 52.5 Å². The van der Waals surface area contributed by atoms with Gasteiger partial charge in [-0.25, -0.2) is 8.42 Å². The molecule has 10 heteroatoms. The molecule has 0 aliphatic rings. The minimum Gasteiger partial charge on any atom is -0.493 e. The zero-order chi connectivity index (χ0) is 21.1. The molecular weight excluding hydrogens is 416 g/mol. The van der Waals surface area contributed by atoms with Crippen molar-refractivity contribution < 1.29 is 31.5 Å². The van der Waals surface area contributed by atoms with Crippen molar-refractivity contribution >= 4 is 27.3 Å². The van der Waals surface area contributed by atoms with Gasteiger partial charge in [0.25, 0.3) is 5.91 Å². The van der Waals surface area contributed by atoms with Crippen LogP contribution in [0.25, 0.3) is 0 Å². The molecule has 28 heavy (non-hydrogen) atoms. The van der Waals surface area contributed by atoms with Crippen LogP contribution in [0.3, 0.4) is 0 Å². The molecule has 0 heterocycles. The van der Waals surface area contributed by atoms with Gasteiger partial charge in [-0.1, -0.05) is 17.7 Å². The number of carbonyl (C=O) groups is 1. The molecular formula is C18H18ClF2NO5S. The van der Waals surface area contributed by atoms with Crippen molar-refractivity contribution in [2.75, 3.05) is 20.4 Å². The number of hydrogen-bond acceptors (Lipinski definition) is 5. The van der Waals surface area contributed by atoms with Crippen LogP contribution in [0.1, 0.15) is 15.9 Å². The SMILES string of the molecule is COc1cc(CN(C)C(=O)c2ccc(Cl)c(S(C)(=O)=O)c2)ccc1OC(F)F. The Morgan fingerprint density at radius 3 is 2.43 bits per heavy atom. The van der Waals surface area contributed by atoms with Gasteiger partial charge in [-0.05, 0) is 35.9 Å². The topological polar surface area (TPSA) is 72.9 Å². The number of ether oxygens (including phenoxy) is 2. The van der Waals surface area contributed by atoms with Crippen LogP contribution in [0.5, 0.6) is 11.5 Å². The van der Waals surface area contributed by atoms with Gasteiger partial charge in [0.2, 0.25) is 0 Å². The highest BCUT2D eigenvalue weighted by Crippen LogP contribution is 2.30. The van der Waals surface area contributed by atoms with Gasteiger partial charge in [-0.15, -0.1) is 0 Å². The Labute approximate surface area is 166 Å². The van der Waals surface area contributed by atoms with Crippen molar-refractivity contribution in [2.45, 2.75) is 18.1 Å². The maximum Gasteiger partial charge on any atom is 0.387 e. The molecule has 0 spiro atoms. The maximum absolute atomic E-state index is 12.6. The number of rotatable bonds is 7. The lowest BCUT2D eigenvalue weighted by molar-refractivity contribution is -0.0512. The van der Waals surface area contributed by atoms with Gasteiger partial charge < -0.3 is 14.4 Å². The van der Waals surface area contributed by atoms with Gasteiger partial charge in [0.1, 0.15) is 0 Å². The minimum absolute atomic E-state index is 0.0288. The van der Waals surface area contributed by atoms with E-state index in [1.54, 1.807) is 0 Å². The van der Waals surface area contributed by atoms with Crippen LogP contribution in [-0.2, 0) is 16.4 Å². The quantitative estimate of drug-likeness (QED) is 0.666. The monoisotopic (exact) mass is 433 g/mol. The minimum atomic E-state index is -3.59. The Morgan fingerprint density at radius 2 is 1.86 bits per heavy atom. The average molecular weight is 434 g/mol. The van der Waals surface area contributed by atoms with E-state index in [4.69, 9.17) is 16.3 Å². The number of halogens is 3. The van der Waals surface area contributed by atoms with E-state index in [2.05, 4.69) is 4.74 Å². The summed E-state index contributed by atoms with van der Waals surface area (Å²) in [5.74, 6) is -0.455. The molecule has 2 aromatic rings. The van der Waals surface area contributed by atoms with E-state index in [0.29, 0.717) is 5.56 Å². The summed E-state index contributed by atoms with van der Waals surface area (Å²) in [6.45, 7) is -2.86.